The molecule has 8 heteroatoms. The molecule has 164 valence electrons. The van der Waals surface area contributed by atoms with Gasteiger partial charge in [-0.15, -0.1) is 0 Å². The van der Waals surface area contributed by atoms with Crippen molar-refractivity contribution in [3.05, 3.63) is 28.0 Å². The van der Waals surface area contributed by atoms with Gasteiger partial charge >= 0.3 is 5.97 Å². The first-order valence-corrected chi connectivity index (χ1v) is 9.88. The van der Waals surface area contributed by atoms with E-state index >= 15 is 0 Å². The van der Waals surface area contributed by atoms with Gasteiger partial charge in [-0.1, -0.05) is 27.7 Å². The Labute approximate surface area is 174 Å². The second-order valence-electron chi connectivity index (χ2n) is 9.04. The van der Waals surface area contributed by atoms with Gasteiger partial charge in [-0.05, 0) is 18.4 Å². The standard InChI is InChI=1S/C22H28O8/c1-9(8-23)12-15(25)13-14(18(28)16(12)26)22(5)7-6-11(30-10(2)24)21(3,4)20(22)19(29)17(13)27/h9,11,23,25-26,28-29H,6-8H2,1-5H3/t9-,11+,22-/m0/s1. The SMILES string of the molecule is CC(=O)O[C@@H]1CC[C@]2(C)C(=C(O)C(=O)c3c(O)c([C@@H](C)CO)c(O)c(O)c32)C1(C)C. The van der Waals surface area contributed by atoms with E-state index in [4.69, 9.17) is 4.74 Å². The van der Waals surface area contributed by atoms with Crippen LogP contribution in [0.4, 0.5) is 0 Å². The summed E-state index contributed by atoms with van der Waals surface area (Å²) >= 11 is 0. The molecule has 3 atom stereocenters. The summed E-state index contributed by atoms with van der Waals surface area (Å²) < 4.78 is 5.43. The summed E-state index contributed by atoms with van der Waals surface area (Å²) in [5.41, 5.74) is -2.19. The average molecular weight is 420 g/mol. The molecule has 5 N–H and O–H groups in total. The minimum absolute atomic E-state index is 0.0264. The molecule has 0 saturated heterocycles. The van der Waals surface area contributed by atoms with Gasteiger partial charge in [0.25, 0.3) is 0 Å². The fraction of sp³-hybridized carbons (Fsp3) is 0.545. The Morgan fingerprint density at radius 3 is 2.27 bits per heavy atom. The van der Waals surface area contributed by atoms with Gasteiger partial charge in [0.15, 0.2) is 17.3 Å². The van der Waals surface area contributed by atoms with Crippen molar-refractivity contribution in [2.75, 3.05) is 6.61 Å². The number of allylic oxidation sites excluding steroid dienone is 1. The first kappa shape index (κ1) is 22.0. The molecule has 0 aliphatic heterocycles. The molecule has 0 heterocycles. The Morgan fingerprint density at radius 2 is 1.73 bits per heavy atom. The lowest BCUT2D eigenvalue weighted by Gasteiger charge is -2.52. The lowest BCUT2D eigenvalue weighted by Crippen LogP contribution is -2.50. The molecule has 0 spiro atoms. The van der Waals surface area contributed by atoms with Crippen molar-refractivity contribution in [1.29, 1.82) is 0 Å². The summed E-state index contributed by atoms with van der Waals surface area (Å²) in [6, 6.07) is 0. The summed E-state index contributed by atoms with van der Waals surface area (Å²) in [5, 5.41) is 52.7. The molecule has 2 aliphatic carbocycles. The Balaban J connectivity index is 2.34. The minimum atomic E-state index is -1.10. The van der Waals surface area contributed by atoms with Gasteiger partial charge in [-0.2, -0.15) is 0 Å². The van der Waals surface area contributed by atoms with Crippen LogP contribution in [0.2, 0.25) is 0 Å². The number of Topliss-reactive ketones (excluding diaryl/α,β-unsaturated/α-hetero) is 1. The molecule has 1 fully saturated rings. The van der Waals surface area contributed by atoms with Gasteiger partial charge in [0.05, 0.1) is 5.56 Å². The van der Waals surface area contributed by atoms with Gasteiger partial charge in [0.1, 0.15) is 11.9 Å². The van der Waals surface area contributed by atoms with E-state index < -0.39 is 64.2 Å². The van der Waals surface area contributed by atoms with Crippen molar-refractivity contribution in [2.24, 2.45) is 5.41 Å². The summed E-state index contributed by atoms with van der Waals surface area (Å²) in [4.78, 5) is 24.7. The summed E-state index contributed by atoms with van der Waals surface area (Å²) in [6.45, 7) is 7.55. The van der Waals surface area contributed by atoms with E-state index in [1.165, 1.54) is 13.8 Å². The summed E-state index contributed by atoms with van der Waals surface area (Å²) in [6.07, 6.45) is 0.0612. The zero-order valence-corrected chi connectivity index (χ0v) is 17.7. The predicted octanol–water partition coefficient (Wildman–Crippen LogP) is 2.92. The molecule has 1 aromatic rings. The number of phenols is 3. The maximum absolute atomic E-state index is 13.1. The van der Waals surface area contributed by atoms with E-state index in [0.717, 1.165) is 0 Å². The smallest absolute Gasteiger partial charge is 0.302 e. The number of carbonyl (C=O) groups excluding carboxylic acids is 2. The van der Waals surface area contributed by atoms with Crippen molar-refractivity contribution in [3.8, 4) is 17.2 Å². The number of aliphatic hydroxyl groups is 2. The first-order chi connectivity index (χ1) is 13.8. The Hall–Kier alpha value is -2.74. The van der Waals surface area contributed by atoms with Crippen LogP contribution in [0.3, 0.4) is 0 Å². The van der Waals surface area contributed by atoms with Crippen LogP contribution >= 0.6 is 0 Å². The highest BCUT2D eigenvalue weighted by Crippen LogP contribution is 2.61. The van der Waals surface area contributed by atoms with Crippen molar-refractivity contribution in [1.82, 2.24) is 0 Å². The fourth-order valence-corrected chi connectivity index (χ4v) is 5.28. The average Bonchev–Trinajstić information content (AvgIpc) is 2.64. The molecule has 3 rings (SSSR count). The summed E-state index contributed by atoms with van der Waals surface area (Å²) in [5.74, 6) is -4.46. The number of carbonyl (C=O) groups is 2. The number of ketones is 1. The van der Waals surface area contributed by atoms with Gasteiger partial charge in [0.2, 0.25) is 5.78 Å². The second kappa shape index (κ2) is 6.91. The van der Waals surface area contributed by atoms with Crippen LogP contribution in [0.25, 0.3) is 0 Å². The highest BCUT2D eigenvalue weighted by Gasteiger charge is 2.57. The van der Waals surface area contributed by atoms with Crippen LogP contribution in [0.1, 0.15) is 74.9 Å². The molecule has 2 aliphatic rings. The number of esters is 1. The highest BCUT2D eigenvalue weighted by molar-refractivity contribution is 6.13. The fourth-order valence-electron chi connectivity index (χ4n) is 5.28. The molecular formula is C22H28O8. The normalized spacial score (nSPS) is 26.1. The molecule has 30 heavy (non-hydrogen) atoms. The molecule has 0 unspecified atom stereocenters. The molecule has 8 nitrogen and oxygen atoms in total. The predicted molar refractivity (Wildman–Crippen MR) is 107 cm³/mol. The van der Waals surface area contributed by atoms with Crippen LogP contribution in [-0.4, -0.2) is 50.0 Å². The maximum Gasteiger partial charge on any atom is 0.302 e. The van der Waals surface area contributed by atoms with Gasteiger partial charge in [-0.3, -0.25) is 9.59 Å². The number of hydrogen-bond acceptors (Lipinski definition) is 8. The van der Waals surface area contributed by atoms with Crippen LogP contribution in [-0.2, 0) is 14.9 Å². The lowest BCUT2D eigenvalue weighted by molar-refractivity contribution is -0.153. The number of rotatable bonds is 3. The first-order valence-electron chi connectivity index (χ1n) is 9.88. The van der Waals surface area contributed by atoms with Crippen molar-refractivity contribution in [2.45, 2.75) is 64.9 Å². The molecule has 0 amide bonds. The number of ether oxygens (including phenoxy) is 1. The Kier molecular flexibility index (Phi) is 5.05. The van der Waals surface area contributed by atoms with E-state index in [1.807, 2.05) is 0 Å². The van der Waals surface area contributed by atoms with E-state index in [1.54, 1.807) is 20.8 Å². The number of hydrogen-bond donors (Lipinski definition) is 5. The van der Waals surface area contributed by atoms with Crippen LogP contribution < -0.4 is 0 Å². The molecule has 0 bridgehead atoms. The number of aromatic hydroxyl groups is 3. The lowest BCUT2D eigenvalue weighted by atomic mass is 9.53. The van der Waals surface area contributed by atoms with Crippen molar-refractivity contribution < 1.29 is 39.9 Å². The number of fused-ring (bicyclic) bond motifs is 3. The van der Waals surface area contributed by atoms with Crippen molar-refractivity contribution >= 4 is 11.8 Å². The zero-order valence-electron chi connectivity index (χ0n) is 17.7. The third-order valence-electron chi connectivity index (χ3n) is 6.67. The topological polar surface area (TPSA) is 145 Å². The largest absolute Gasteiger partial charge is 0.507 e. The highest BCUT2D eigenvalue weighted by atomic mass is 16.5. The molecule has 1 saturated carbocycles. The maximum atomic E-state index is 13.1. The zero-order chi connectivity index (χ0) is 22.8. The molecular weight excluding hydrogens is 392 g/mol. The van der Waals surface area contributed by atoms with Crippen LogP contribution in [0.15, 0.2) is 11.3 Å². The monoisotopic (exact) mass is 420 g/mol. The third kappa shape index (κ3) is 2.77. The van der Waals surface area contributed by atoms with E-state index in [9.17, 15) is 35.1 Å². The van der Waals surface area contributed by atoms with E-state index in [0.29, 0.717) is 6.42 Å². The van der Waals surface area contributed by atoms with Crippen LogP contribution in [0.5, 0.6) is 17.2 Å². The van der Waals surface area contributed by atoms with Crippen LogP contribution in [0, 0.1) is 5.41 Å². The van der Waals surface area contributed by atoms with E-state index in [2.05, 4.69) is 0 Å². The molecule has 0 radical (unpaired) electrons. The summed E-state index contributed by atoms with van der Waals surface area (Å²) in [7, 11) is 0. The van der Waals surface area contributed by atoms with Gasteiger partial charge < -0.3 is 30.3 Å². The molecule has 1 aromatic carbocycles. The Bertz CT molecular complexity index is 974. The number of benzene rings is 1. The van der Waals surface area contributed by atoms with Crippen molar-refractivity contribution in [3.63, 3.8) is 0 Å². The molecule has 0 aromatic heterocycles. The number of aliphatic hydroxyl groups excluding tert-OH is 2. The quantitative estimate of drug-likeness (QED) is 0.285. The minimum Gasteiger partial charge on any atom is -0.507 e. The van der Waals surface area contributed by atoms with E-state index in [-0.39, 0.29) is 28.7 Å². The third-order valence-corrected chi connectivity index (χ3v) is 6.67. The van der Waals surface area contributed by atoms with Gasteiger partial charge in [0, 0.05) is 41.4 Å². The Morgan fingerprint density at radius 1 is 1.13 bits per heavy atom. The number of phenolic OH excluding ortho intramolecular Hbond substituents is 3. The van der Waals surface area contributed by atoms with Gasteiger partial charge in [-0.25, -0.2) is 0 Å². The second-order valence-corrected chi connectivity index (χ2v) is 9.04.